The maximum atomic E-state index is 2.45. The molecule has 11 rings (SSSR count). The van der Waals surface area contributed by atoms with Gasteiger partial charge in [-0.2, -0.15) is 0 Å². The van der Waals surface area contributed by atoms with E-state index in [1.165, 1.54) is 88.1 Å². The SMILES string of the molecule is c1ccc(-c2ccc3c(c2)c2ccccc2n3-c2ccccc2-c2cccc(-c3ccc(-c4ccccc4)c4c3c3ccccc3n4-c3ccccc3)c2)cc1. The average Bonchev–Trinajstić information content (AvgIpc) is 3.80. The van der Waals surface area contributed by atoms with Crippen LogP contribution in [-0.4, -0.2) is 9.13 Å². The number of rotatable bonds is 6. The van der Waals surface area contributed by atoms with Crippen molar-refractivity contribution < 1.29 is 0 Å². The van der Waals surface area contributed by atoms with Gasteiger partial charge in [-0.15, -0.1) is 0 Å². The molecule has 11 aromatic rings. The van der Waals surface area contributed by atoms with Crippen LogP contribution in [0.2, 0.25) is 0 Å². The number of aromatic nitrogens is 2. The zero-order chi connectivity index (χ0) is 37.0. The molecule has 2 nitrogen and oxygen atoms in total. The minimum atomic E-state index is 1.15. The Morgan fingerprint density at radius 3 is 1.59 bits per heavy atom. The first-order valence-electron chi connectivity index (χ1n) is 19.3. The third kappa shape index (κ3) is 5.11. The summed E-state index contributed by atoms with van der Waals surface area (Å²) in [5.74, 6) is 0. The van der Waals surface area contributed by atoms with Crippen molar-refractivity contribution in [3.8, 4) is 55.9 Å². The van der Waals surface area contributed by atoms with Crippen molar-refractivity contribution in [2.24, 2.45) is 0 Å². The number of fused-ring (bicyclic) bond motifs is 6. The number of nitrogens with zero attached hydrogens (tertiary/aromatic N) is 2. The van der Waals surface area contributed by atoms with E-state index in [9.17, 15) is 0 Å². The van der Waals surface area contributed by atoms with E-state index >= 15 is 0 Å². The molecule has 2 heteroatoms. The van der Waals surface area contributed by atoms with Crippen molar-refractivity contribution in [1.82, 2.24) is 9.13 Å². The molecule has 0 radical (unpaired) electrons. The number of hydrogen-bond acceptors (Lipinski definition) is 0. The topological polar surface area (TPSA) is 9.86 Å². The van der Waals surface area contributed by atoms with Crippen LogP contribution in [0.4, 0.5) is 0 Å². The van der Waals surface area contributed by atoms with Gasteiger partial charge in [-0.05, 0) is 81.9 Å². The van der Waals surface area contributed by atoms with Crippen molar-refractivity contribution in [3.63, 3.8) is 0 Å². The van der Waals surface area contributed by atoms with Crippen LogP contribution in [0.3, 0.4) is 0 Å². The lowest BCUT2D eigenvalue weighted by molar-refractivity contribution is 1.18. The highest BCUT2D eigenvalue weighted by Gasteiger charge is 2.21. The minimum absolute atomic E-state index is 1.15. The van der Waals surface area contributed by atoms with Crippen LogP contribution in [0.5, 0.6) is 0 Å². The zero-order valence-electron chi connectivity index (χ0n) is 30.7. The molecule has 0 aliphatic carbocycles. The van der Waals surface area contributed by atoms with Gasteiger partial charge in [0.2, 0.25) is 0 Å². The monoisotopic (exact) mass is 712 g/mol. The molecule has 0 bridgehead atoms. The maximum Gasteiger partial charge on any atom is 0.0625 e. The van der Waals surface area contributed by atoms with Gasteiger partial charge in [-0.25, -0.2) is 0 Å². The van der Waals surface area contributed by atoms with Gasteiger partial charge in [-0.3, -0.25) is 0 Å². The van der Waals surface area contributed by atoms with Crippen LogP contribution in [0.1, 0.15) is 0 Å². The van der Waals surface area contributed by atoms with E-state index in [4.69, 9.17) is 0 Å². The summed E-state index contributed by atoms with van der Waals surface area (Å²) in [7, 11) is 0. The lowest BCUT2D eigenvalue weighted by atomic mass is 9.92. The van der Waals surface area contributed by atoms with Crippen molar-refractivity contribution in [2.75, 3.05) is 0 Å². The quantitative estimate of drug-likeness (QED) is 0.162. The van der Waals surface area contributed by atoms with E-state index in [2.05, 4.69) is 228 Å². The third-order valence-corrected chi connectivity index (χ3v) is 11.3. The summed E-state index contributed by atoms with van der Waals surface area (Å²) in [5, 5.41) is 5.00. The number of para-hydroxylation sites is 4. The van der Waals surface area contributed by atoms with Crippen molar-refractivity contribution in [2.45, 2.75) is 0 Å². The van der Waals surface area contributed by atoms with Crippen molar-refractivity contribution in [3.05, 3.63) is 218 Å². The molecular weight excluding hydrogens is 677 g/mol. The zero-order valence-corrected chi connectivity index (χ0v) is 30.7. The van der Waals surface area contributed by atoms with Gasteiger partial charge in [0.15, 0.2) is 0 Å². The highest BCUT2D eigenvalue weighted by Crippen LogP contribution is 2.44. The molecule has 0 amide bonds. The normalized spacial score (nSPS) is 11.6. The Bertz CT molecular complexity index is 3220. The molecule has 2 aromatic heterocycles. The van der Waals surface area contributed by atoms with E-state index in [0.29, 0.717) is 0 Å². The predicted octanol–water partition coefficient (Wildman–Crippen LogP) is 14.5. The molecule has 262 valence electrons. The minimum Gasteiger partial charge on any atom is -0.309 e. The first-order chi connectivity index (χ1) is 27.8. The molecule has 0 atom stereocenters. The molecular formula is C54H36N2. The Labute approximate surface area is 325 Å². The Balaban J connectivity index is 1.13. The summed E-state index contributed by atoms with van der Waals surface area (Å²) in [4.78, 5) is 0. The molecule has 0 aliphatic rings. The molecule has 0 saturated heterocycles. The van der Waals surface area contributed by atoms with Crippen LogP contribution in [0.15, 0.2) is 218 Å². The first-order valence-corrected chi connectivity index (χ1v) is 19.3. The fraction of sp³-hybridized carbons (Fsp3) is 0. The van der Waals surface area contributed by atoms with Crippen LogP contribution >= 0.6 is 0 Å². The van der Waals surface area contributed by atoms with E-state index in [-0.39, 0.29) is 0 Å². The van der Waals surface area contributed by atoms with Crippen LogP contribution in [-0.2, 0) is 0 Å². The Hall–Kier alpha value is -7.42. The summed E-state index contributed by atoms with van der Waals surface area (Å²) < 4.78 is 4.89. The highest BCUT2D eigenvalue weighted by molar-refractivity contribution is 6.20. The highest BCUT2D eigenvalue weighted by atomic mass is 15.0. The van der Waals surface area contributed by atoms with E-state index < -0.39 is 0 Å². The number of benzene rings is 9. The Morgan fingerprint density at radius 2 is 0.821 bits per heavy atom. The Kier molecular flexibility index (Phi) is 7.53. The third-order valence-electron chi connectivity index (χ3n) is 11.3. The van der Waals surface area contributed by atoms with Crippen LogP contribution in [0, 0.1) is 0 Å². The molecule has 0 unspecified atom stereocenters. The lowest BCUT2D eigenvalue weighted by Crippen LogP contribution is -1.97. The van der Waals surface area contributed by atoms with Gasteiger partial charge in [0.25, 0.3) is 0 Å². The van der Waals surface area contributed by atoms with Gasteiger partial charge in [-0.1, -0.05) is 170 Å². The first kappa shape index (κ1) is 32.0. The molecule has 0 saturated carbocycles. The standard InChI is InChI=1S/C54H36N2/c1-4-17-37(18-5-1)39-31-34-52-48(36-39)46-26-11-14-29-50(46)56(52)49-28-13-10-25-43(49)40-21-16-22-41(35-40)44-32-33-45(38-19-6-2-7-20-38)54-53(44)47-27-12-15-30-51(47)55(54)42-23-8-3-9-24-42/h1-36H. The lowest BCUT2D eigenvalue weighted by Gasteiger charge is -2.16. The van der Waals surface area contributed by atoms with E-state index in [1.54, 1.807) is 0 Å². The molecule has 0 N–H and O–H groups in total. The van der Waals surface area contributed by atoms with Crippen LogP contribution in [0.25, 0.3) is 99.5 Å². The second kappa shape index (κ2) is 13.2. The summed E-state index contributed by atoms with van der Waals surface area (Å²) in [6.45, 7) is 0. The second-order valence-electron chi connectivity index (χ2n) is 14.5. The van der Waals surface area contributed by atoms with Crippen LogP contribution < -0.4 is 0 Å². The van der Waals surface area contributed by atoms with Crippen molar-refractivity contribution >= 4 is 43.6 Å². The number of hydrogen-bond donors (Lipinski definition) is 0. The molecule has 9 aromatic carbocycles. The predicted molar refractivity (Wildman–Crippen MR) is 237 cm³/mol. The molecule has 0 aliphatic heterocycles. The fourth-order valence-corrected chi connectivity index (χ4v) is 8.84. The van der Waals surface area contributed by atoms with Crippen molar-refractivity contribution in [1.29, 1.82) is 0 Å². The average molecular weight is 713 g/mol. The maximum absolute atomic E-state index is 2.45. The molecule has 56 heavy (non-hydrogen) atoms. The summed E-state index contributed by atoms with van der Waals surface area (Å²) >= 11 is 0. The largest absolute Gasteiger partial charge is 0.309 e. The summed E-state index contributed by atoms with van der Waals surface area (Å²) in [5.41, 5.74) is 16.8. The van der Waals surface area contributed by atoms with Gasteiger partial charge in [0.05, 0.1) is 27.8 Å². The smallest absolute Gasteiger partial charge is 0.0625 e. The summed E-state index contributed by atoms with van der Waals surface area (Å²) in [6.07, 6.45) is 0. The molecule has 0 fully saturated rings. The van der Waals surface area contributed by atoms with Gasteiger partial charge >= 0.3 is 0 Å². The summed E-state index contributed by atoms with van der Waals surface area (Å²) in [6, 6.07) is 79.4. The van der Waals surface area contributed by atoms with E-state index in [1.807, 2.05) is 0 Å². The molecule has 0 spiro atoms. The van der Waals surface area contributed by atoms with E-state index in [0.717, 1.165) is 11.4 Å². The van der Waals surface area contributed by atoms with Gasteiger partial charge in [0, 0.05) is 38.4 Å². The molecule has 2 heterocycles. The van der Waals surface area contributed by atoms with Gasteiger partial charge < -0.3 is 9.13 Å². The van der Waals surface area contributed by atoms with Gasteiger partial charge in [0.1, 0.15) is 0 Å². The Morgan fingerprint density at radius 1 is 0.268 bits per heavy atom. The second-order valence-corrected chi connectivity index (χ2v) is 14.5. The fourth-order valence-electron chi connectivity index (χ4n) is 8.84.